The van der Waals surface area contributed by atoms with Gasteiger partial charge in [-0.25, -0.2) is 9.07 Å². The Labute approximate surface area is 107 Å². The Morgan fingerprint density at radius 3 is 2.56 bits per heavy atom. The van der Waals surface area contributed by atoms with Crippen molar-refractivity contribution in [2.24, 2.45) is 0 Å². The molecule has 0 unspecified atom stereocenters. The number of hydrogen-bond acceptors (Lipinski definition) is 3. The van der Waals surface area contributed by atoms with Gasteiger partial charge in [-0.1, -0.05) is 23.7 Å². The summed E-state index contributed by atoms with van der Waals surface area (Å²) in [5, 5.41) is 14.7. The topological polar surface area (TPSA) is 61.0 Å². The van der Waals surface area contributed by atoms with Crippen LogP contribution in [0.2, 0.25) is 5.15 Å². The fourth-order valence-corrected chi connectivity index (χ4v) is 1.92. The van der Waals surface area contributed by atoms with E-state index in [9.17, 15) is 14.5 Å². The minimum atomic E-state index is -0.564. The molecule has 2 rings (SSSR count). The molecule has 1 aromatic carbocycles. The van der Waals surface area contributed by atoms with Crippen LogP contribution in [-0.4, -0.2) is 14.7 Å². The van der Waals surface area contributed by atoms with Crippen molar-refractivity contribution in [1.29, 1.82) is 0 Å². The predicted molar refractivity (Wildman–Crippen MR) is 64.1 cm³/mol. The molecule has 0 fully saturated rings. The van der Waals surface area contributed by atoms with Gasteiger partial charge in [-0.3, -0.25) is 10.1 Å². The quantitative estimate of drug-likeness (QED) is 0.636. The van der Waals surface area contributed by atoms with Gasteiger partial charge in [0.15, 0.2) is 0 Å². The molecule has 18 heavy (non-hydrogen) atoms. The zero-order valence-corrected chi connectivity index (χ0v) is 10.2. The van der Waals surface area contributed by atoms with Gasteiger partial charge in [0.1, 0.15) is 11.5 Å². The zero-order chi connectivity index (χ0) is 13.3. The Hall–Kier alpha value is -1.95. The highest BCUT2D eigenvalue weighted by molar-refractivity contribution is 6.31. The molecule has 1 heterocycles. The van der Waals surface area contributed by atoms with Crippen molar-refractivity contribution < 1.29 is 9.31 Å². The van der Waals surface area contributed by atoms with E-state index in [1.165, 1.54) is 23.7 Å². The van der Waals surface area contributed by atoms with Crippen molar-refractivity contribution in [2.75, 3.05) is 0 Å². The van der Waals surface area contributed by atoms with Gasteiger partial charge < -0.3 is 0 Å². The number of nitrogens with zero attached hydrogens (tertiary/aromatic N) is 3. The van der Waals surface area contributed by atoms with Crippen molar-refractivity contribution in [2.45, 2.75) is 13.5 Å². The van der Waals surface area contributed by atoms with E-state index < -0.39 is 4.92 Å². The zero-order valence-electron chi connectivity index (χ0n) is 9.43. The molecular weight excluding hydrogens is 261 g/mol. The first-order valence-electron chi connectivity index (χ1n) is 5.11. The molecule has 1 aromatic heterocycles. The standard InChI is InChI=1S/C11H9ClFN3O2/c1-7-10(16(17)18)11(12)15(14-7)6-8-2-4-9(13)5-3-8/h2-5H,6H2,1H3. The van der Waals surface area contributed by atoms with Crippen molar-refractivity contribution >= 4 is 17.3 Å². The molecule has 0 bridgehead atoms. The molecule has 0 amide bonds. The largest absolute Gasteiger partial charge is 0.328 e. The monoisotopic (exact) mass is 269 g/mol. The van der Waals surface area contributed by atoms with E-state index in [1.54, 1.807) is 12.1 Å². The Morgan fingerprint density at radius 2 is 2.06 bits per heavy atom. The number of nitro groups is 1. The maximum Gasteiger partial charge on any atom is 0.328 e. The van der Waals surface area contributed by atoms with Crippen molar-refractivity contribution in [3.63, 3.8) is 0 Å². The van der Waals surface area contributed by atoms with Gasteiger partial charge in [-0.2, -0.15) is 5.10 Å². The van der Waals surface area contributed by atoms with Crippen molar-refractivity contribution in [3.05, 3.63) is 56.6 Å². The van der Waals surface area contributed by atoms with Crippen LogP contribution in [0.3, 0.4) is 0 Å². The second kappa shape index (κ2) is 4.73. The van der Waals surface area contributed by atoms with E-state index in [0.717, 1.165) is 5.56 Å². The number of aromatic nitrogens is 2. The fraction of sp³-hybridized carbons (Fsp3) is 0.182. The van der Waals surface area contributed by atoms with Crippen LogP contribution in [0, 0.1) is 22.9 Å². The van der Waals surface area contributed by atoms with E-state index in [2.05, 4.69) is 5.10 Å². The average Bonchev–Trinajstić information content (AvgIpc) is 2.57. The SMILES string of the molecule is Cc1nn(Cc2ccc(F)cc2)c(Cl)c1[N+](=O)[O-]. The summed E-state index contributed by atoms with van der Waals surface area (Å²) < 4.78 is 14.1. The lowest BCUT2D eigenvalue weighted by Gasteiger charge is -2.02. The van der Waals surface area contributed by atoms with E-state index in [-0.39, 0.29) is 28.9 Å². The maximum absolute atomic E-state index is 12.7. The molecule has 0 aliphatic carbocycles. The molecule has 0 radical (unpaired) electrons. The summed E-state index contributed by atoms with van der Waals surface area (Å²) >= 11 is 5.89. The van der Waals surface area contributed by atoms with Crippen molar-refractivity contribution in [3.8, 4) is 0 Å². The van der Waals surface area contributed by atoms with Crippen LogP contribution in [0.25, 0.3) is 0 Å². The molecule has 0 aliphatic rings. The predicted octanol–water partition coefficient (Wildman–Crippen LogP) is 2.94. The van der Waals surface area contributed by atoms with E-state index in [4.69, 9.17) is 11.6 Å². The summed E-state index contributed by atoms with van der Waals surface area (Å²) in [7, 11) is 0. The summed E-state index contributed by atoms with van der Waals surface area (Å²) in [5.41, 5.74) is 0.821. The van der Waals surface area contributed by atoms with Gasteiger partial charge >= 0.3 is 5.69 Å². The van der Waals surface area contributed by atoms with Crippen LogP contribution in [0.4, 0.5) is 10.1 Å². The molecule has 0 N–H and O–H groups in total. The molecule has 7 heteroatoms. The number of hydrogen-bond donors (Lipinski definition) is 0. The number of rotatable bonds is 3. The molecule has 0 saturated heterocycles. The van der Waals surface area contributed by atoms with Crippen LogP contribution < -0.4 is 0 Å². The highest BCUT2D eigenvalue weighted by Gasteiger charge is 2.23. The number of aryl methyl sites for hydroxylation is 1. The molecule has 0 saturated carbocycles. The fourth-order valence-electron chi connectivity index (χ4n) is 1.62. The lowest BCUT2D eigenvalue weighted by atomic mass is 10.2. The molecule has 0 spiro atoms. The van der Waals surface area contributed by atoms with Crippen LogP contribution in [0.15, 0.2) is 24.3 Å². The summed E-state index contributed by atoms with van der Waals surface area (Å²) in [6.07, 6.45) is 0. The van der Waals surface area contributed by atoms with Crippen molar-refractivity contribution in [1.82, 2.24) is 9.78 Å². The van der Waals surface area contributed by atoms with Gasteiger partial charge in [0.05, 0.1) is 11.5 Å². The van der Waals surface area contributed by atoms with Gasteiger partial charge in [0, 0.05) is 0 Å². The minimum absolute atomic E-state index is 0.0261. The second-order valence-corrected chi connectivity index (χ2v) is 4.12. The highest BCUT2D eigenvalue weighted by Crippen LogP contribution is 2.28. The summed E-state index contributed by atoms with van der Waals surface area (Å²) in [6, 6.07) is 5.78. The smallest absolute Gasteiger partial charge is 0.258 e. The van der Waals surface area contributed by atoms with Crippen LogP contribution >= 0.6 is 11.6 Å². The average molecular weight is 270 g/mol. The van der Waals surface area contributed by atoms with Crippen LogP contribution in [0.5, 0.6) is 0 Å². The molecule has 5 nitrogen and oxygen atoms in total. The Morgan fingerprint density at radius 1 is 1.44 bits per heavy atom. The van der Waals surface area contributed by atoms with Crippen LogP contribution in [0.1, 0.15) is 11.3 Å². The third kappa shape index (κ3) is 2.33. The Bertz CT molecular complexity index is 595. The number of benzene rings is 1. The molecule has 2 aromatic rings. The summed E-state index contributed by atoms with van der Waals surface area (Å²) in [6.45, 7) is 1.78. The third-order valence-corrected chi connectivity index (χ3v) is 2.84. The second-order valence-electron chi connectivity index (χ2n) is 3.77. The maximum atomic E-state index is 12.7. The lowest BCUT2D eigenvalue weighted by Crippen LogP contribution is -2.02. The summed E-state index contributed by atoms with van der Waals surface area (Å²) in [4.78, 5) is 10.2. The molecule has 94 valence electrons. The molecular formula is C11H9ClFN3O2. The first-order valence-corrected chi connectivity index (χ1v) is 5.48. The summed E-state index contributed by atoms with van der Waals surface area (Å²) in [5.74, 6) is -0.340. The molecule has 0 aliphatic heterocycles. The first-order chi connectivity index (χ1) is 8.49. The minimum Gasteiger partial charge on any atom is -0.258 e. The van der Waals surface area contributed by atoms with E-state index in [0.29, 0.717) is 0 Å². The highest BCUT2D eigenvalue weighted by atomic mass is 35.5. The Kier molecular flexibility index (Phi) is 3.29. The third-order valence-electron chi connectivity index (χ3n) is 2.46. The lowest BCUT2D eigenvalue weighted by molar-refractivity contribution is -0.385. The van der Waals surface area contributed by atoms with Gasteiger partial charge in [-0.05, 0) is 24.6 Å². The van der Waals surface area contributed by atoms with Gasteiger partial charge in [0.25, 0.3) is 0 Å². The number of halogens is 2. The van der Waals surface area contributed by atoms with Crippen LogP contribution in [-0.2, 0) is 6.54 Å². The van der Waals surface area contributed by atoms with Gasteiger partial charge in [-0.15, -0.1) is 0 Å². The normalized spacial score (nSPS) is 10.6. The van der Waals surface area contributed by atoms with Gasteiger partial charge in [0.2, 0.25) is 5.15 Å². The first kappa shape index (κ1) is 12.5. The molecule has 0 atom stereocenters. The van der Waals surface area contributed by atoms with E-state index in [1.807, 2.05) is 0 Å². The van der Waals surface area contributed by atoms with E-state index >= 15 is 0 Å². The Balaban J connectivity index is 2.33.